The van der Waals surface area contributed by atoms with Crippen LogP contribution in [0.1, 0.15) is 6.42 Å². The van der Waals surface area contributed by atoms with Gasteiger partial charge in [-0.25, -0.2) is 23.5 Å². The van der Waals surface area contributed by atoms with E-state index in [2.05, 4.69) is 17.1 Å². The molecule has 3 aliphatic heterocycles. The molecular formula is C17H16N4O2. The van der Waals surface area contributed by atoms with Gasteiger partial charge >= 0.3 is 11.4 Å². The van der Waals surface area contributed by atoms with Gasteiger partial charge in [-0.3, -0.25) is 4.90 Å². The quantitative estimate of drug-likeness (QED) is 0.558. The molecule has 2 fully saturated rings. The number of nitrogens with zero attached hydrogens (tertiary/aromatic N) is 4. The van der Waals surface area contributed by atoms with E-state index in [0.29, 0.717) is 36.8 Å². The van der Waals surface area contributed by atoms with Crippen molar-refractivity contribution >= 4 is 0 Å². The molecule has 6 rings (SSSR count). The summed E-state index contributed by atoms with van der Waals surface area (Å²) in [4.78, 5) is 28.1. The fourth-order valence-corrected chi connectivity index (χ4v) is 5.27. The van der Waals surface area contributed by atoms with Crippen molar-refractivity contribution in [2.75, 3.05) is 0 Å². The minimum atomic E-state index is -0.220. The molecule has 2 bridgehead atoms. The van der Waals surface area contributed by atoms with Crippen molar-refractivity contribution in [2.45, 2.75) is 37.1 Å². The third-order valence-corrected chi connectivity index (χ3v) is 6.27. The van der Waals surface area contributed by atoms with E-state index in [9.17, 15) is 9.59 Å². The number of hydrogen-bond donors (Lipinski definition) is 0. The van der Waals surface area contributed by atoms with E-state index >= 15 is 0 Å². The molecule has 6 heteroatoms. The van der Waals surface area contributed by atoms with Crippen LogP contribution in [0.5, 0.6) is 0 Å². The van der Waals surface area contributed by atoms with E-state index in [0.717, 1.165) is 0 Å². The molecule has 0 radical (unpaired) electrons. The first-order chi connectivity index (χ1) is 11.2. The number of benzene rings is 1. The molecule has 1 spiro atoms. The predicted molar refractivity (Wildman–Crippen MR) is 83.7 cm³/mol. The van der Waals surface area contributed by atoms with Crippen molar-refractivity contribution in [1.29, 1.82) is 0 Å². The van der Waals surface area contributed by atoms with Crippen LogP contribution in [0, 0.1) is 5.92 Å². The largest absolute Gasteiger partial charge is 0.351 e. The zero-order valence-electron chi connectivity index (χ0n) is 12.5. The first kappa shape index (κ1) is 12.1. The summed E-state index contributed by atoms with van der Waals surface area (Å²) >= 11 is 0. The first-order valence-corrected chi connectivity index (χ1v) is 8.17. The number of hydrogen-bond acceptors (Lipinski definition) is 3. The fraction of sp³-hybridized carbons (Fsp3) is 0.412. The Bertz CT molecular complexity index is 982. The highest BCUT2D eigenvalue weighted by Crippen LogP contribution is 2.62. The highest BCUT2D eigenvalue weighted by molar-refractivity contribution is 5.37. The Morgan fingerprint density at radius 3 is 2.61 bits per heavy atom. The molecule has 23 heavy (non-hydrogen) atoms. The second kappa shape index (κ2) is 3.59. The molecular weight excluding hydrogens is 292 g/mol. The van der Waals surface area contributed by atoms with Crippen molar-refractivity contribution in [3.05, 3.63) is 63.5 Å². The normalized spacial score (nSPS) is 38.3. The Morgan fingerprint density at radius 2 is 1.78 bits per heavy atom. The fourth-order valence-electron chi connectivity index (χ4n) is 5.27. The van der Waals surface area contributed by atoms with Crippen molar-refractivity contribution < 1.29 is 0 Å². The lowest BCUT2D eigenvalue weighted by Gasteiger charge is -2.25. The minimum absolute atomic E-state index is 0.0958. The summed E-state index contributed by atoms with van der Waals surface area (Å²) in [6, 6.07) is 10.1. The van der Waals surface area contributed by atoms with Crippen LogP contribution in [-0.2, 0) is 13.1 Å². The summed E-state index contributed by atoms with van der Waals surface area (Å²) in [6.07, 6.45) is 5.78. The van der Waals surface area contributed by atoms with E-state index in [1.807, 2.05) is 18.2 Å². The van der Waals surface area contributed by atoms with Gasteiger partial charge in [0.05, 0.1) is 30.4 Å². The van der Waals surface area contributed by atoms with Crippen molar-refractivity contribution in [2.24, 2.45) is 5.92 Å². The smallest absolute Gasteiger partial charge is 0.280 e. The molecule has 4 aliphatic rings. The molecule has 1 aromatic heterocycles. The number of rotatable bonds is 1. The molecule has 1 aliphatic carbocycles. The summed E-state index contributed by atoms with van der Waals surface area (Å²) in [6.45, 7) is 1.26. The maximum atomic E-state index is 12.9. The number of para-hydroxylation sites is 1. The average molecular weight is 308 g/mol. The Kier molecular flexibility index (Phi) is 1.89. The second-order valence-electron chi connectivity index (χ2n) is 7.08. The Morgan fingerprint density at radius 1 is 1.00 bits per heavy atom. The van der Waals surface area contributed by atoms with Crippen LogP contribution in [0.15, 0.2) is 52.1 Å². The molecule has 0 amide bonds. The molecule has 116 valence electrons. The van der Waals surface area contributed by atoms with Gasteiger partial charge in [0.15, 0.2) is 0 Å². The van der Waals surface area contributed by atoms with Crippen LogP contribution in [0.25, 0.3) is 5.69 Å². The van der Waals surface area contributed by atoms with Crippen LogP contribution in [0.2, 0.25) is 0 Å². The standard InChI is InChI=1S/C17H16N4O2/c22-15-18-9-14-17(11-6-7-13(8-11)21(14)17)10-19(18)16(23)20(15)12-4-2-1-3-5-12/h1-7,11,13-14H,8-10H2. The zero-order valence-corrected chi connectivity index (χ0v) is 12.5. The lowest BCUT2D eigenvalue weighted by Crippen LogP contribution is -2.43. The van der Waals surface area contributed by atoms with Crippen molar-refractivity contribution in [3.63, 3.8) is 0 Å². The van der Waals surface area contributed by atoms with E-state index in [-0.39, 0.29) is 16.9 Å². The maximum Gasteiger partial charge on any atom is 0.351 e. The maximum absolute atomic E-state index is 12.9. The van der Waals surface area contributed by atoms with E-state index in [4.69, 9.17) is 0 Å². The minimum Gasteiger partial charge on any atom is -0.280 e. The van der Waals surface area contributed by atoms with Crippen LogP contribution in [0.4, 0.5) is 0 Å². The summed E-state index contributed by atoms with van der Waals surface area (Å²) in [5, 5.41) is 0. The predicted octanol–water partition coefficient (Wildman–Crippen LogP) is 0.196. The molecule has 0 N–H and O–H groups in total. The molecule has 2 saturated heterocycles. The monoisotopic (exact) mass is 308 g/mol. The van der Waals surface area contributed by atoms with E-state index in [1.54, 1.807) is 21.5 Å². The summed E-state index contributed by atoms with van der Waals surface area (Å²) < 4.78 is 4.61. The first-order valence-electron chi connectivity index (χ1n) is 8.17. The van der Waals surface area contributed by atoms with Gasteiger partial charge < -0.3 is 0 Å². The molecule has 4 heterocycles. The topological polar surface area (TPSA) is 51.9 Å². The third-order valence-electron chi connectivity index (χ3n) is 6.27. The van der Waals surface area contributed by atoms with Crippen LogP contribution < -0.4 is 11.4 Å². The van der Waals surface area contributed by atoms with E-state index in [1.165, 1.54) is 11.0 Å². The SMILES string of the molecule is O=c1n(-c2ccccc2)c(=O)n2n1CC1N3C4C=CC(C4)C13C2. The third kappa shape index (κ3) is 1.19. The Hall–Kier alpha value is -2.34. The second-order valence-corrected chi connectivity index (χ2v) is 7.08. The number of fused-ring (bicyclic) bond motifs is 5. The molecule has 1 aromatic carbocycles. The van der Waals surface area contributed by atoms with Crippen LogP contribution in [-0.4, -0.2) is 36.5 Å². The zero-order chi connectivity index (χ0) is 15.3. The van der Waals surface area contributed by atoms with Gasteiger partial charge in [-0.15, -0.1) is 0 Å². The highest BCUT2D eigenvalue weighted by Gasteiger charge is 2.75. The Balaban J connectivity index is 1.53. The lowest BCUT2D eigenvalue weighted by atomic mass is 9.88. The van der Waals surface area contributed by atoms with Crippen molar-refractivity contribution in [3.8, 4) is 5.69 Å². The molecule has 5 unspecified atom stereocenters. The van der Waals surface area contributed by atoms with Crippen molar-refractivity contribution in [1.82, 2.24) is 18.8 Å². The highest BCUT2D eigenvalue weighted by atomic mass is 16.2. The Labute approximate surface area is 131 Å². The number of aromatic nitrogens is 3. The summed E-state index contributed by atoms with van der Waals surface area (Å²) in [7, 11) is 0. The van der Waals surface area contributed by atoms with Gasteiger partial charge in [0.25, 0.3) is 0 Å². The number of piperidine rings is 1. The van der Waals surface area contributed by atoms with Gasteiger partial charge in [-0.2, -0.15) is 0 Å². The lowest BCUT2D eigenvalue weighted by molar-refractivity contribution is 0.286. The van der Waals surface area contributed by atoms with Gasteiger partial charge in [-0.1, -0.05) is 30.4 Å². The molecule has 5 atom stereocenters. The van der Waals surface area contributed by atoms with Gasteiger partial charge in [0, 0.05) is 12.0 Å². The van der Waals surface area contributed by atoms with Crippen LogP contribution in [0.3, 0.4) is 0 Å². The van der Waals surface area contributed by atoms with Gasteiger partial charge in [-0.05, 0) is 18.6 Å². The summed E-state index contributed by atoms with van der Waals surface area (Å²) in [5.41, 5.74) is 0.307. The molecule has 2 aromatic rings. The van der Waals surface area contributed by atoms with Crippen LogP contribution >= 0.6 is 0 Å². The molecule has 0 saturated carbocycles. The molecule has 6 nitrogen and oxygen atoms in total. The summed E-state index contributed by atoms with van der Waals surface area (Å²) in [5.74, 6) is 0.535. The average Bonchev–Trinajstić information content (AvgIpc) is 2.83. The van der Waals surface area contributed by atoms with Gasteiger partial charge in [0.2, 0.25) is 0 Å². The van der Waals surface area contributed by atoms with E-state index < -0.39 is 0 Å². The van der Waals surface area contributed by atoms with Gasteiger partial charge in [0.1, 0.15) is 0 Å².